The van der Waals surface area contributed by atoms with E-state index in [0.717, 1.165) is 11.3 Å². The highest BCUT2D eigenvalue weighted by molar-refractivity contribution is 5.89. The number of anilines is 1. The number of aromatic carboxylic acids is 1. The molecular weight excluding hydrogens is 226 g/mol. The second-order valence-electron chi connectivity index (χ2n) is 4.10. The Balaban J connectivity index is 2.15. The lowest BCUT2D eigenvalue weighted by molar-refractivity contribution is -0.255. The predicted octanol–water partition coefficient (Wildman–Crippen LogP) is 1.97. The van der Waals surface area contributed by atoms with Gasteiger partial charge in [0.2, 0.25) is 0 Å². The third-order valence-electron chi connectivity index (χ3n) is 2.88. The molecule has 92 valence electrons. The van der Waals surface area contributed by atoms with E-state index in [1.165, 1.54) is 0 Å². The van der Waals surface area contributed by atoms with Gasteiger partial charge in [0, 0.05) is 17.8 Å². The van der Waals surface area contributed by atoms with E-state index >= 15 is 0 Å². The molecule has 2 rings (SSSR count). The highest BCUT2D eigenvalue weighted by Gasteiger charge is 2.04. The lowest BCUT2D eigenvalue weighted by atomic mass is 10.1. The van der Waals surface area contributed by atoms with Crippen molar-refractivity contribution in [3.8, 4) is 0 Å². The molecule has 1 N–H and O–H groups in total. The minimum atomic E-state index is -1.14. The normalized spacial score (nSPS) is 10.1. The summed E-state index contributed by atoms with van der Waals surface area (Å²) < 4.78 is 0. The van der Waals surface area contributed by atoms with Gasteiger partial charge in [0.05, 0.1) is 5.97 Å². The Morgan fingerprint density at radius 1 is 1.11 bits per heavy atom. The van der Waals surface area contributed by atoms with Gasteiger partial charge in [-0.05, 0) is 24.1 Å². The summed E-state index contributed by atoms with van der Waals surface area (Å²) in [6.07, 6.45) is 0. The maximum Gasteiger partial charge on any atom is 0.0718 e. The van der Waals surface area contributed by atoms with Gasteiger partial charge in [0.25, 0.3) is 0 Å². The first-order valence-corrected chi connectivity index (χ1v) is 5.77. The summed E-state index contributed by atoms with van der Waals surface area (Å²) in [5.41, 5.74) is 2.90. The Labute approximate surface area is 106 Å². The predicted molar refractivity (Wildman–Crippen MR) is 69.3 cm³/mol. The molecule has 0 aromatic heterocycles. The van der Waals surface area contributed by atoms with Gasteiger partial charge in [-0.2, -0.15) is 0 Å². The number of carbonyl (C=O) groups excluding carboxylic acids is 1. The van der Waals surface area contributed by atoms with Gasteiger partial charge in [-0.15, -0.1) is 0 Å². The highest BCUT2D eigenvalue weighted by atomic mass is 16.4. The molecule has 2 aromatic rings. The Morgan fingerprint density at radius 2 is 1.83 bits per heavy atom. The average Bonchev–Trinajstić information content (AvgIpc) is 2.38. The summed E-state index contributed by atoms with van der Waals surface area (Å²) in [5, 5.41) is 14.1. The number of carboxylic acids is 1. The zero-order valence-electron chi connectivity index (χ0n) is 10.1. The number of benzene rings is 2. The van der Waals surface area contributed by atoms with E-state index in [1.807, 2.05) is 36.4 Å². The van der Waals surface area contributed by atoms with E-state index in [0.29, 0.717) is 12.1 Å². The Morgan fingerprint density at radius 3 is 2.50 bits per heavy atom. The van der Waals surface area contributed by atoms with Crippen molar-refractivity contribution in [1.82, 2.24) is 0 Å². The van der Waals surface area contributed by atoms with Crippen molar-refractivity contribution in [1.29, 1.82) is 0 Å². The van der Waals surface area contributed by atoms with Crippen LogP contribution in [0.25, 0.3) is 0 Å². The second kappa shape index (κ2) is 5.36. The average molecular weight is 240 g/mol. The minimum absolute atomic E-state index is 0.230. The van der Waals surface area contributed by atoms with Crippen LogP contribution in [0, 0.1) is 6.92 Å². The topological polar surface area (TPSA) is 52.2 Å². The molecule has 0 aliphatic rings. The zero-order chi connectivity index (χ0) is 13.0. The number of rotatable bonds is 4. The molecule has 0 heterocycles. The number of carboxylic acid groups (broad SMARTS) is 1. The molecule has 0 fully saturated rings. The van der Waals surface area contributed by atoms with Crippen LogP contribution in [0.3, 0.4) is 0 Å². The fourth-order valence-corrected chi connectivity index (χ4v) is 1.84. The standard InChI is InChI=1S/C15H15NO2/c1-11-13(15(17)18)8-5-9-14(11)16-10-12-6-3-2-4-7-12/h2-9,16H,10H2,1H3,(H,17,18)/p-1. The van der Waals surface area contributed by atoms with Crippen molar-refractivity contribution >= 4 is 11.7 Å². The van der Waals surface area contributed by atoms with Crippen LogP contribution >= 0.6 is 0 Å². The molecule has 0 radical (unpaired) electrons. The molecule has 3 heteroatoms. The van der Waals surface area contributed by atoms with E-state index in [2.05, 4.69) is 5.32 Å². The van der Waals surface area contributed by atoms with Gasteiger partial charge < -0.3 is 15.2 Å². The summed E-state index contributed by atoms with van der Waals surface area (Å²) >= 11 is 0. The summed E-state index contributed by atoms with van der Waals surface area (Å²) in [4.78, 5) is 10.9. The highest BCUT2D eigenvalue weighted by Crippen LogP contribution is 2.19. The number of nitrogens with one attached hydrogen (secondary N) is 1. The van der Waals surface area contributed by atoms with Crippen LogP contribution in [0.4, 0.5) is 5.69 Å². The molecule has 0 unspecified atom stereocenters. The molecule has 18 heavy (non-hydrogen) atoms. The SMILES string of the molecule is Cc1c(NCc2ccccc2)cccc1C(=O)[O-]. The van der Waals surface area contributed by atoms with Gasteiger partial charge in [-0.3, -0.25) is 0 Å². The summed E-state index contributed by atoms with van der Waals surface area (Å²) in [6, 6.07) is 15.1. The maximum absolute atomic E-state index is 10.9. The van der Waals surface area contributed by atoms with Crippen LogP contribution in [0.2, 0.25) is 0 Å². The van der Waals surface area contributed by atoms with Gasteiger partial charge in [0.15, 0.2) is 0 Å². The van der Waals surface area contributed by atoms with Crippen molar-refractivity contribution in [2.75, 3.05) is 5.32 Å². The van der Waals surface area contributed by atoms with Crippen molar-refractivity contribution in [3.63, 3.8) is 0 Å². The third-order valence-corrected chi connectivity index (χ3v) is 2.88. The quantitative estimate of drug-likeness (QED) is 0.889. The van der Waals surface area contributed by atoms with Gasteiger partial charge in [-0.1, -0.05) is 42.5 Å². The molecule has 0 saturated heterocycles. The number of hydrogen-bond donors (Lipinski definition) is 1. The Hall–Kier alpha value is -2.29. The Kier molecular flexibility index (Phi) is 3.63. The van der Waals surface area contributed by atoms with Crippen LogP contribution in [-0.2, 0) is 6.54 Å². The lowest BCUT2D eigenvalue weighted by Gasteiger charge is -2.13. The molecular formula is C15H14NO2-. The number of hydrogen-bond acceptors (Lipinski definition) is 3. The molecule has 0 amide bonds. The first-order valence-electron chi connectivity index (χ1n) is 5.77. The van der Waals surface area contributed by atoms with Crippen LogP contribution in [0.15, 0.2) is 48.5 Å². The van der Waals surface area contributed by atoms with Crippen molar-refractivity contribution in [2.24, 2.45) is 0 Å². The van der Waals surface area contributed by atoms with Gasteiger partial charge in [0.1, 0.15) is 0 Å². The van der Waals surface area contributed by atoms with E-state index in [1.54, 1.807) is 19.1 Å². The number of carbonyl (C=O) groups is 1. The molecule has 0 bridgehead atoms. The second-order valence-corrected chi connectivity index (χ2v) is 4.10. The van der Waals surface area contributed by atoms with Crippen molar-refractivity contribution < 1.29 is 9.90 Å². The summed E-state index contributed by atoms with van der Waals surface area (Å²) in [5.74, 6) is -1.14. The van der Waals surface area contributed by atoms with Crippen molar-refractivity contribution in [3.05, 3.63) is 65.2 Å². The third kappa shape index (κ3) is 2.69. The fraction of sp³-hybridized carbons (Fsp3) is 0.133. The molecule has 0 saturated carbocycles. The minimum Gasteiger partial charge on any atom is -0.545 e. The molecule has 2 aromatic carbocycles. The molecule has 0 spiro atoms. The molecule has 0 aliphatic heterocycles. The van der Waals surface area contributed by atoms with E-state index in [-0.39, 0.29) is 5.56 Å². The zero-order valence-corrected chi connectivity index (χ0v) is 10.1. The van der Waals surface area contributed by atoms with Crippen LogP contribution in [-0.4, -0.2) is 5.97 Å². The van der Waals surface area contributed by atoms with Crippen LogP contribution in [0.1, 0.15) is 21.5 Å². The van der Waals surface area contributed by atoms with E-state index in [9.17, 15) is 9.90 Å². The molecule has 0 atom stereocenters. The van der Waals surface area contributed by atoms with Crippen molar-refractivity contribution in [2.45, 2.75) is 13.5 Å². The van der Waals surface area contributed by atoms with Gasteiger partial charge in [-0.25, -0.2) is 0 Å². The van der Waals surface area contributed by atoms with E-state index in [4.69, 9.17) is 0 Å². The van der Waals surface area contributed by atoms with Crippen LogP contribution in [0.5, 0.6) is 0 Å². The summed E-state index contributed by atoms with van der Waals surface area (Å²) in [6.45, 7) is 2.44. The monoisotopic (exact) mass is 240 g/mol. The molecule has 3 nitrogen and oxygen atoms in total. The Bertz CT molecular complexity index is 550. The summed E-state index contributed by atoms with van der Waals surface area (Å²) in [7, 11) is 0. The smallest absolute Gasteiger partial charge is 0.0718 e. The first-order chi connectivity index (χ1) is 8.68. The maximum atomic E-state index is 10.9. The first kappa shape index (κ1) is 12.2. The van der Waals surface area contributed by atoms with E-state index < -0.39 is 5.97 Å². The largest absolute Gasteiger partial charge is 0.545 e. The lowest BCUT2D eigenvalue weighted by Crippen LogP contribution is -2.23. The van der Waals surface area contributed by atoms with Crippen LogP contribution < -0.4 is 10.4 Å². The van der Waals surface area contributed by atoms with Gasteiger partial charge >= 0.3 is 0 Å². The molecule has 0 aliphatic carbocycles. The fourth-order valence-electron chi connectivity index (χ4n) is 1.84.